The average Bonchev–Trinajstić information content (AvgIpc) is 2.61. The normalized spacial score (nSPS) is 9.69. The van der Waals surface area contributed by atoms with Gasteiger partial charge in [-0.05, 0) is 0 Å². The predicted molar refractivity (Wildman–Crippen MR) is 51.3 cm³/mol. The first-order valence-corrected chi connectivity index (χ1v) is 4.64. The summed E-state index contributed by atoms with van der Waals surface area (Å²) in [5.41, 5.74) is 2.27. The molecule has 0 bridgehead atoms. The summed E-state index contributed by atoms with van der Waals surface area (Å²) in [6.07, 6.45) is 1.88. The third kappa shape index (κ3) is 2.31. The molecule has 0 amide bonds. The molecule has 0 saturated heterocycles. The Kier molecular flexibility index (Phi) is 3.90. The number of hydrogen-bond donors (Lipinski definition) is 1. The van der Waals surface area contributed by atoms with Gasteiger partial charge in [0.1, 0.15) is 0 Å². The van der Waals surface area contributed by atoms with Gasteiger partial charge in [-0.1, -0.05) is 13.8 Å². The fraction of sp³-hybridized carbons (Fsp3) is 0.200. The van der Waals surface area contributed by atoms with Crippen molar-refractivity contribution in [3.63, 3.8) is 0 Å². The molecule has 65 valence electrons. The number of nitrogens with one attached hydrogen (secondary N) is 1. The molecule has 2 rings (SSSR count). The van der Waals surface area contributed by atoms with Gasteiger partial charge in [0.05, 0.1) is 0 Å². The van der Waals surface area contributed by atoms with Gasteiger partial charge in [0.25, 0.3) is 0 Å². The Bertz CT molecular complexity index is 356. The van der Waals surface area contributed by atoms with Gasteiger partial charge in [-0.3, -0.25) is 0 Å². The van der Waals surface area contributed by atoms with Crippen LogP contribution in [0.25, 0.3) is 10.6 Å². The molecule has 2 aromatic rings. The fourth-order valence-electron chi connectivity index (χ4n) is 1.05. The monoisotopic (exact) mass is 264 g/mol. The Morgan fingerprint density at radius 1 is 1.38 bits per heavy atom. The summed E-state index contributed by atoms with van der Waals surface area (Å²) in [5.74, 6) is 0. The molecule has 0 atom stereocenters. The van der Waals surface area contributed by atoms with Crippen LogP contribution in [0.3, 0.4) is 0 Å². The van der Waals surface area contributed by atoms with Crippen molar-refractivity contribution >= 4 is 11.3 Å². The van der Waals surface area contributed by atoms with Crippen molar-refractivity contribution in [3.05, 3.63) is 34.8 Å². The molecule has 0 aliphatic carbocycles. The van der Waals surface area contributed by atoms with Crippen molar-refractivity contribution in [3.8, 4) is 10.6 Å². The van der Waals surface area contributed by atoms with Gasteiger partial charge < -0.3 is 16.3 Å². The number of aromatic amines is 1. The van der Waals surface area contributed by atoms with E-state index in [1.807, 2.05) is 12.3 Å². The van der Waals surface area contributed by atoms with Crippen LogP contribution in [0.5, 0.6) is 0 Å². The van der Waals surface area contributed by atoms with Crippen molar-refractivity contribution in [1.29, 1.82) is 0 Å². The van der Waals surface area contributed by atoms with Gasteiger partial charge in [0.2, 0.25) is 0 Å². The second kappa shape index (κ2) is 4.54. The van der Waals surface area contributed by atoms with Crippen LogP contribution in [-0.2, 0) is 32.7 Å². The third-order valence-corrected chi connectivity index (χ3v) is 2.97. The van der Waals surface area contributed by atoms with E-state index in [0.717, 1.165) is 10.6 Å². The summed E-state index contributed by atoms with van der Waals surface area (Å²) in [4.78, 5) is 5.59. The van der Waals surface area contributed by atoms with E-state index in [-0.39, 0.29) is 32.7 Å². The van der Waals surface area contributed by atoms with E-state index < -0.39 is 0 Å². The van der Waals surface area contributed by atoms with Gasteiger partial charge in [0.15, 0.2) is 0 Å². The van der Waals surface area contributed by atoms with E-state index in [0.29, 0.717) is 0 Å². The molecule has 0 spiro atoms. The van der Waals surface area contributed by atoms with Gasteiger partial charge in [0, 0.05) is 32.7 Å². The predicted octanol–water partition coefficient (Wildman–Crippen LogP) is 2.96. The molecule has 0 aromatic carbocycles. The zero-order chi connectivity index (χ0) is 8.55. The second-order valence-electron chi connectivity index (χ2n) is 2.73. The minimum atomic E-state index is 0. The molecule has 0 aliphatic rings. The molecule has 3 heteroatoms. The van der Waals surface area contributed by atoms with Crippen LogP contribution in [0.1, 0.15) is 10.4 Å². The van der Waals surface area contributed by atoms with Crippen molar-refractivity contribution in [1.82, 2.24) is 4.98 Å². The number of thiophene rings is 1. The summed E-state index contributed by atoms with van der Waals surface area (Å²) in [6, 6.07) is 8.30. The fourth-order valence-corrected chi connectivity index (χ4v) is 1.98. The van der Waals surface area contributed by atoms with E-state index in [4.69, 9.17) is 0 Å². The SMILES string of the molecule is Cc1[c-]c(-c2[c-]cc[nH]2)sc1C.[Y]. The minimum absolute atomic E-state index is 0. The Morgan fingerprint density at radius 2 is 2.15 bits per heavy atom. The van der Waals surface area contributed by atoms with E-state index in [1.165, 1.54) is 10.4 Å². The molecule has 0 fully saturated rings. The smallest absolute Gasteiger partial charge is 0 e. The largest absolute Gasteiger partial charge is 0.486 e. The Labute approximate surface area is 107 Å². The first kappa shape index (κ1) is 11.2. The number of aryl methyl sites for hydroxylation is 2. The first-order chi connectivity index (χ1) is 5.77. The standard InChI is InChI=1S/C10H9NS.Y/c1-7-6-10(12-8(7)2)9-4-3-5-11-9;/h3,5,11H,1-2H3;/q-2;. The number of hydrogen-bond acceptors (Lipinski definition) is 1. The van der Waals surface area contributed by atoms with E-state index >= 15 is 0 Å². The Balaban J connectivity index is 0.000000845. The Morgan fingerprint density at radius 3 is 2.62 bits per heavy atom. The third-order valence-electron chi connectivity index (χ3n) is 1.85. The van der Waals surface area contributed by atoms with Gasteiger partial charge in [-0.15, -0.1) is 11.1 Å². The number of aromatic nitrogens is 1. The van der Waals surface area contributed by atoms with Crippen molar-refractivity contribution in [2.75, 3.05) is 0 Å². The summed E-state index contributed by atoms with van der Waals surface area (Å²) in [5, 5.41) is 0. The zero-order valence-corrected chi connectivity index (χ0v) is 11.3. The van der Waals surface area contributed by atoms with E-state index in [2.05, 4.69) is 31.0 Å². The molecule has 2 aromatic heterocycles. The van der Waals surface area contributed by atoms with Crippen LogP contribution in [-0.4, -0.2) is 4.98 Å². The van der Waals surface area contributed by atoms with Crippen LogP contribution in [0.4, 0.5) is 0 Å². The minimum Gasteiger partial charge on any atom is -0.486 e. The van der Waals surface area contributed by atoms with Crippen LogP contribution in [0.15, 0.2) is 12.3 Å². The molecule has 0 unspecified atom stereocenters. The quantitative estimate of drug-likeness (QED) is 0.762. The maximum absolute atomic E-state index is 3.30. The van der Waals surface area contributed by atoms with Gasteiger partial charge in [-0.2, -0.15) is 22.2 Å². The number of rotatable bonds is 1. The summed E-state index contributed by atoms with van der Waals surface area (Å²) < 4.78 is 0. The molecule has 1 radical (unpaired) electrons. The number of H-pyrrole nitrogens is 1. The average molecular weight is 264 g/mol. The van der Waals surface area contributed by atoms with Crippen molar-refractivity contribution in [2.24, 2.45) is 0 Å². The summed E-state index contributed by atoms with van der Waals surface area (Å²) in [7, 11) is 0. The molecule has 1 N–H and O–H groups in total. The molecule has 1 nitrogen and oxygen atoms in total. The molecular formula is C10H9NSY-2. The molecule has 0 saturated carbocycles. The Hall–Kier alpha value is 0.0839. The maximum Gasteiger partial charge on any atom is 0 e. The van der Waals surface area contributed by atoms with Gasteiger partial charge in [-0.25, -0.2) is 12.1 Å². The molecule has 2 heterocycles. The van der Waals surface area contributed by atoms with E-state index in [1.54, 1.807) is 11.3 Å². The van der Waals surface area contributed by atoms with Crippen molar-refractivity contribution < 1.29 is 32.7 Å². The zero-order valence-electron chi connectivity index (χ0n) is 7.64. The first-order valence-electron chi connectivity index (χ1n) is 3.82. The van der Waals surface area contributed by atoms with Crippen LogP contribution < -0.4 is 0 Å². The second-order valence-corrected chi connectivity index (χ2v) is 3.96. The van der Waals surface area contributed by atoms with Crippen molar-refractivity contribution in [2.45, 2.75) is 13.8 Å². The summed E-state index contributed by atoms with van der Waals surface area (Å²) in [6.45, 7) is 4.20. The van der Waals surface area contributed by atoms with E-state index in [9.17, 15) is 0 Å². The maximum atomic E-state index is 3.30. The van der Waals surface area contributed by atoms with Gasteiger partial charge >= 0.3 is 0 Å². The van der Waals surface area contributed by atoms with Crippen LogP contribution >= 0.6 is 11.3 Å². The topological polar surface area (TPSA) is 15.8 Å². The van der Waals surface area contributed by atoms with Crippen LogP contribution in [0, 0.1) is 26.0 Å². The van der Waals surface area contributed by atoms with Crippen LogP contribution in [0.2, 0.25) is 0 Å². The molecule has 0 aliphatic heterocycles. The molecule has 13 heavy (non-hydrogen) atoms. The molecular weight excluding hydrogens is 255 g/mol. The summed E-state index contributed by atoms with van der Waals surface area (Å²) >= 11 is 1.75.